The van der Waals surface area contributed by atoms with Crippen LogP contribution >= 0.6 is 0 Å². The number of aliphatic carboxylic acids is 1. The maximum Gasteiger partial charge on any atom is 0.328 e. The number of furan rings is 1. The molecule has 3 aromatic rings. The van der Waals surface area contributed by atoms with Crippen LogP contribution in [0.4, 0.5) is 0 Å². The molecule has 0 bridgehead atoms. The second-order valence-electron chi connectivity index (χ2n) is 7.07. The van der Waals surface area contributed by atoms with Gasteiger partial charge < -0.3 is 24.1 Å². The van der Waals surface area contributed by atoms with Crippen molar-refractivity contribution in [3.63, 3.8) is 0 Å². The van der Waals surface area contributed by atoms with Crippen LogP contribution in [0.15, 0.2) is 53.0 Å². The maximum absolute atomic E-state index is 13.1. The minimum atomic E-state index is -1.26. The first-order chi connectivity index (χ1) is 14.4. The SMILES string of the molecule is COC(=O)[C@@H]1Cc2c([nH]c3ccccc23)[C@H](c2ccc(C)o2)N1C(=O)/C=C/C(=O)O. The van der Waals surface area contributed by atoms with Crippen molar-refractivity contribution in [3.05, 3.63) is 71.3 Å². The van der Waals surface area contributed by atoms with Crippen LogP contribution in [-0.2, 0) is 25.5 Å². The Kier molecular flexibility index (Phi) is 4.91. The van der Waals surface area contributed by atoms with Crippen molar-refractivity contribution in [2.75, 3.05) is 7.11 Å². The number of methoxy groups -OCH3 is 1. The van der Waals surface area contributed by atoms with E-state index < -0.39 is 29.9 Å². The molecule has 1 aliphatic heterocycles. The quantitative estimate of drug-likeness (QED) is 0.507. The number of amides is 1. The minimum Gasteiger partial charge on any atom is -0.478 e. The molecule has 0 radical (unpaired) electrons. The number of ether oxygens (including phenoxy) is 1. The Hall–Kier alpha value is -3.81. The molecule has 30 heavy (non-hydrogen) atoms. The van der Waals surface area contributed by atoms with E-state index in [1.165, 1.54) is 12.0 Å². The summed E-state index contributed by atoms with van der Waals surface area (Å²) >= 11 is 0. The van der Waals surface area contributed by atoms with Crippen molar-refractivity contribution in [1.29, 1.82) is 0 Å². The van der Waals surface area contributed by atoms with Crippen LogP contribution in [0.5, 0.6) is 0 Å². The largest absolute Gasteiger partial charge is 0.478 e. The maximum atomic E-state index is 13.1. The smallest absolute Gasteiger partial charge is 0.328 e. The lowest BCUT2D eigenvalue weighted by Crippen LogP contribution is -2.51. The molecule has 154 valence electrons. The third-order valence-electron chi connectivity index (χ3n) is 5.26. The summed E-state index contributed by atoms with van der Waals surface area (Å²) in [5, 5.41) is 9.89. The fourth-order valence-corrected chi connectivity index (χ4v) is 4.01. The van der Waals surface area contributed by atoms with Crippen LogP contribution in [-0.4, -0.2) is 46.0 Å². The van der Waals surface area contributed by atoms with Gasteiger partial charge in [0.1, 0.15) is 23.6 Å². The van der Waals surface area contributed by atoms with Gasteiger partial charge in [-0.25, -0.2) is 9.59 Å². The van der Waals surface area contributed by atoms with E-state index in [1.807, 2.05) is 24.3 Å². The number of aromatic amines is 1. The summed E-state index contributed by atoms with van der Waals surface area (Å²) in [4.78, 5) is 41.4. The highest BCUT2D eigenvalue weighted by Gasteiger charge is 2.44. The summed E-state index contributed by atoms with van der Waals surface area (Å²) in [6.07, 6.45) is 1.92. The number of nitrogens with zero attached hydrogens (tertiary/aromatic N) is 1. The summed E-state index contributed by atoms with van der Waals surface area (Å²) in [7, 11) is 1.26. The zero-order valence-corrected chi connectivity index (χ0v) is 16.4. The molecule has 8 nitrogen and oxygen atoms in total. The van der Waals surface area contributed by atoms with E-state index in [4.69, 9.17) is 14.3 Å². The Bertz CT molecular complexity index is 1170. The van der Waals surface area contributed by atoms with Crippen LogP contribution in [0.2, 0.25) is 0 Å². The van der Waals surface area contributed by atoms with Gasteiger partial charge in [0.25, 0.3) is 0 Å². The highest BCUT2D eigenvalue weighted by Crippen LogP contribution is 2.41. The summed E-state index contributed by atoms with van der Waals surface area (Å²) < 4.78 is 10.8. The van der Waals surface area contributed by atoms with Gasteiger partial charge in [-0.05, 0) is 30.7 Å². The number of carboxylic acids is 1. The molecular formula is C22H20N2O6. The molecule has 0 aliphatic carbocycles. The normalized spacial score (nSPS) is 18.5. The van der Waals surface area contributed by atoms with Crippen LogP contribution in [0.25, 0.3) is 10.9 Å². The molecule has 4 rings (SSSR count). The molecule has 1 aromatic carbocycles. The van der Waals surface area contributed by atoms with Gasteiger partial charge in [-0.2, -0.15) is 0 Å². The van der Waals surface area contributed by atoms with Gasteiger partial charge in [0.05, 0.1) is 12.8 Å². The molecule has 2 aromatic heterocycles. The number of H-pyrrole nitrogens is 1. The topological polar surface area (TPSA) is 113 Å². The summed E-state index contributed by atoms with van der Waals surface area (Å²) in [5.74, 6) is -1.36. The molecule has 1 amide bonds. The van der Waals surface area contributed by atoms with Gasteiger partial charge in [0, 0.05) is 29.5 Å². The molecule has 8 heteroatoms. The van der Waals surface area contributed by atoms with Crippen molar-refractivity contribution in [1.82, 2.24) is 9.88 Å². The number of aryl methyl sites for hydroxylation is 1. The Morgan fingerprint density at radius 1 is 1.20 bits per heavy atom. The lowest BCUT2D eigenvalue weighted by atomic mass is 9.90. The number of rotatable bonds is 4. The zero-order valence-electron chi connectivity index (χ0n) is 16.4. The van der Waals surface area contributed by atoms with E-state index in [1.54, 1.807) is 19.1 Å². The Morgan fingerprint density at radius 3 is 2.63 bits per heavy atom. The van der Waals surface area contributed by atoms with Crippen molar-refractivity contribution >= 4 is 28.7 Å². The standard InChI is InChI=1S/C22H20N2O6/c1-12-7-8-17(30-12)21-20-14(13-5-3-4-6-15(13)23-20)11-16(22(28)29-2)24(21)18(25)9-10-19(26)27/h3-10,16,21,23H,11H2,1-2H3,(H,26,27)/b10-9+/t16-,21-/m0/s1. The Labute approximate surface area is 171 Å². The minimum absolute atomic E-state index is 0.231. The number of carbonyl (C=O) groups excluding carboxylic acids is 2. The van der Waals surface area contributed by atoms with Crippen LogP contribution in [0, 0.1) is 6.92 Å². The van der Waals surface area contributed by atoms with Gasteiger partial charge in [0.2, 0.25) is 5.91 Å². The van der Waals surface area contributed by atoms with Gasteiger partial charge in [0.15, 0.2) is 0 Å². The van der Waals surface area contributed by atoms with Crippen molar-refractivity contribution in [3.8, 4) is 0 Å². The van der Waals surface area contributed by atoms with Gasteiger partial charge in [-0.3, -0.25) is 4.79 Å². The second-order valence-corrected chi connectivity index (χ2v) is 7.07. The van der Waals surface area contributed by atoms with E-state index in [0.29, 0.717) is 11.5 Å². The van der Waals surface area contributed by atoms with E-state index in [0.717, 1.165) is 34.3 Å². The first-order valence-electron chi connectivity index (χ1n) is 9.37. The van der Waals surface area contributed by atoms with E-state index in [-0.39, 0.29) is 6.42 Å². The molecule has 0 fully saturated rings. The number of aromatic nitrogens is 1. The number of hydrogen-bond acceptors (Lipinski definition) is 5. The summed E-state index contributed by atoms with van der Waals surface area (Å²) in [6, 6.07) is 9.50. The van der Waals surface area contributed by atoms with Crippen LogP contribution in [0.3, 0.4) is 0 Å². The average molecular weight is 408 g/mol. The first kappa shape index (κ1) is 19.5. The second kappa shape index (κ2) is 7.55. The number of carboxylic acid groups (broad SMARTS) is 1. The molecule has 1 aliphatic rings. The predicted octanol–water partition coefficient (Wildman–Crippen LogP) is 2.73. The van der Waals surface area contributed by atoms with Gasteiger partial charge >= 0.3 is 11.9 Å². The van der Waals surface area contributed by atoms with Crippen molar-refractivity contribution in [2.45, 2.75) is 25.4 Å². The number of fused-ring (bicyclic) bond motifs is 3. The number of benzene rings is 1. The molecule has 0 saturated heterocycles. The number of esters is 1. The van der Waals surface area contributed by atoms with Crippen LogP contribution < -0.4 is 0 Å². The lowest BCUT2D eigenvalue weighted by Gasteiger charge is -2.39. The molecule has 2 N–H and O–H groups in total. The third kappa shape index (κ3) is 3.26. The number of para-hydroxylation sites is 1. The van der Waals surface area contributed by atoms with Gasteiger partial charge in [-0.15, -0.1) is 0 Å². The van der Waals surface area contributed by atoms with Gasteiger partial charge in [-0.1, -0.05) is 18.2 Å². The van der Waals surface area contributed by atoms with Crippen molar-refractivity contribution in [2.24, 2.45) is 0 Å². The van der Waals surface area contributed by atoms with Crippen LogP contribution in [0.1, 0.15) is 28.8 Å². The summed E-state index contributed by atoms with van der Waals surface area (Å²) in [5.41, 5.74) is 2.49. The van der Waals surface area contributed by atoms with E-state index >= 15 is 0 Å². The van der Waals surface area contributed by atoms with E-state index in [9.17, 15) is 14.4 Å². The predicted molar refractivity (Wildman–Crippen MR) is 107 cm³/mol. The molecule has 2 atom stereocenters. The fourth-order valence-electron chi connectivity index (χ4n) is 4.01. The number of carbonyl (C=O) groups is 3. The Balaban J connectivity index is 1.95. The van der Waals surface area contributed by atoms with Crippen molar-refractivity contribution < 1.29 is 28.6 Å². The molecular weight excluding hydrogens is 388 g/mol. The fraction of sp³-hybridized carbons (Fsp3) is 0.227. The molecule has 0 unspecified atom stereocenters. The highest BCUT2D eigenvalue weighted by molar-refractivity contribution is 5.97. The number of hydrogen-bond donors (Lipinski definition) is 2. The molecule has 3 heterocycles. The average Bonchev–Trinajstić information content (AvgIpc) is 3.33. The molecule has 0 saturated carbocycles. The first-order valence-corrected chi connectivity index (χ1v) is 9.37. The molecule has 0 spiro atoms. The lowest BCUT2D eigenvalue weighted by molar-refractivity contribution is -0.153. The summed E-state index contributed by atoms with van der Waals surface area (Å²) in [6.45, 7) is 1.78. The monoisotopic (exact) mass is 408 g/mol. The van der Waals surface area contributed by atoms with E-state index in [2.05, 4.69) is 4.98 Å². The Morgan fingerprint density at radius 2 is 1.97 bits per heavy atom. The number of nitrogens with one attached hydrogen (secondary N) is 1. The highest BCUT2D eigenvalue weighted by atomic mass is 16.5. The third-order valence-corrected chi connectivity index (χ3v) is 5.26. The zero-order chi connectivity index (χ0) is 21.4.